The number of methoxy groups -OCH3 is 1. The van der Waals surface area contributed by atoms with Crippen LogP contribution in [0.5, 0.6) is 5.75 Å². The maximum atomic E-state index is 14.2. The van der Waals surface area contributed by atoms with Gasteiger partial charge in [-0.2, -0.15) is 0 Å². The zero-order valence-corrected chi connectivity index (χ0v) is 21.1. The second-order valence-electron chi connectivity index (χ2n) is 8.94. The number of sulfone groups is 1. The first-order chi connectivity index (χ1) is 15.8. The lowest BCUT2D eigenvalue weighted by atomic mass is 9.91. The lowest BCUT2D eigenvalue weighted by molar-refractivity contribution is 0.414. The minimum absolute atomic E-state index is 0.0617. The highest BCUT2D eigenvalue weighted by molar-refractivity contribution is 14.1. The number of aryl methyl sites for hydroxylation is 1. The molecule has 4 atom stereocenters. The summed E-state index contributed by atoms with van der Waals surface area (Å²) in [5, 5.41) is 0. The van der Waals surface area contributed by atoms with Crippen LogP contribution in [0, 0.1) is 21.2 Å². The molecule has 33 heavy (non-hydrogen) atoms. The molecule has 0 amide bonds. The van der Waals surface area contributed by atoms with E-state index < -0.39 is 20.4 Å². The van der Waals surface area contributed by atoms with Crippen molar-refractivity contribution in [3.63, 3.8) is 0 Å². The van der Waals surface area contributed by atoms with Gasteiger partial charge in [0.2, 0.25) is 0 Å². The topological polar surface area (TPSA) is 69.4 Å². The van der Waals surface area contributed by atoms with Gasteiger partial charge in [-0.25, -0.2) is 12.8 Å². The molecule has 2 N–H and O–H groups in total. The summed E-state index contributed by atoms with van der Waals surface area (Å²) in [6.45, 7) is 0. The van der Waals surface area contributed by atoms with E-state index in [-0.39, 0.29) is 22.8 Å². The summed E-state index contributed by atoms with van der Waals surface area (Å²) in [4.78, 5) is 0.152. The third-order valence-corrected chi connectivity index (χ3v) is 10.5. The van der Waals surface area contributed by atoms with Gasteiger partial charge in [0.05, 0.1) is 12.0 Å². The Kier molecular flexibility index (Phi) is 5.77. The van der Waals surface area contributed by atoms with Crippen LogP contribution in [0.15, 0.2) is 71.6 Å². The van der Waals surface area contributed by atoms with Gasteiger partial charge in [0.25, 0.3) is 0 Å². The molecule has 0 bridgehead atoms. The summed E-state index contributed by atoms with van der Waals surface area (Å²) < 4.78 is 47.2. The minimum atomic E-state index is -3.80. The molecule has 0 aromatic heterocycles. The van der Waals surface area contributed by atoms with Crippen molar-refractivity contribution in [3.05, 3.63) is 92.8 Å². The summed E-state index contributed by atoms with van der Waals surface area (Å²) in [5.74, 6) is 0.0424. The largest absolute Gasteiger partial charge is 0.497 e. The lowest BCUT2D eigenvalue weighted by Crippen LogP contribution is -2.34. The maximum absolute atomic E-state index is 14.2. The Morgan fingerprint density at radius 3 is 2.48 bits per heavy atom. The molecular weight excluding hydrogens is 552 g/mol. The highest BCUT2D eigenvalue weighted by atomic mass is 127. The van der Waals surface area contributed by atoms with Gasteiger partial charge in [0, 0.05) is 15.5 Å². The van der Waals surface area contributed by atoms with E-state index in [2.05, 4.69) is 28.7 Å². The van der Waals surface area contributed by atoms with Gasteiger partial charge in [-0.05, 0) is 113 Å². The summed E-state index contributed by atoms with van der Waals surface area (Å²) in [6.07, 6.45) is 2.18. The first-order valence-electron chi connectivity index (χ1n) is 11.0. The van der Waals surface area contributed by atoms with Crippen molar-refractivity contribution in [2.24, 2.45) is 17.6 Å². The van der Waals surface area contributed by atoms with Crippen molar-refractivity contribution in [1.29, 1.82) is 0 Å². The number of hydrogen-bond acceptors (Lipinski definition) is 4. The second-order valence-corrected chi connectivity index (χ2v) is 12.3. The average Bonchev–Trinajstić information content (AvgIpc) is 3.51. The maximum Gasteiger partial charge on any atom is 0.188 e. The fourth-order valence-electron chi connectivity index (χ4n) is 5.81. The van der Waals surface area contributed by atoms with E-state index >= 15 is 0 Å². The summed E-state index contributed by atoms with van der Waals surface area (Å²) in [5.41, 5.74) is 9.73. The highest BCUT2D eigenvalue weighted by Crippen LogP contribution is 2.70. The van der Waals surface area contributed by atoms with Gasteiger partial charge >= 0.3 is 0 Å². The normalized spacial score (nSPS) is 24.5. The van der Waals surface area contributed by atoms with Crippen LogP contribution in [-0.2, 0) is 27.4 Å². The van der Waals surface area contributed by atoms with Crippen molar-refractivity contribution in [1.82, 2.24) is 0 Å². The Balaban J connectivity index is 1.58. The van der Waals surface area contributed by atoms with Gasteiger partial charge in [-0.3, -0.25) is 0 Å². The molecule has 7 heteroatoms. The van der Waals surface area contributed by atoms with E-state index in [9.17, 15) is 12.8 Å². The molecule has 2 aliphatic carbocycles. The van der Waals surface area contributed by atoms with Gasteiger partial charge < -0.3 is 10.5 Å². The van der Waals surface area contributed by atoms with Crippen molar-refractivity contribution in [2.45, 2.75) is 34.9 Å². The van der Waals surface area contributed by atoms with Crippen LogP contribution >= 0.6 is 22.6 Å². The quantitative estimate of drug-likeness (QED) is 0.336. The van der Waals surface area contributed by atoms with Gasteiger partial charge in [-0.1, -0.05) is 18.2 Å². The number of rotatable bonds is 6. The molecule has 0 heterocycles. The van der Waals surface area contributed by atoms with E-state index in [4.69, 9.17) is 10.5 Å². The van der Waals surface area contributed by atoms with Crippen LogP contribution in [0.1, 0.15) is 23.1 Å². The number of benzene rings is 3. The van der Waals surface area contributed by atoms with Crippen molar-refractivity contribution < 1.29 is 17.5 Å². The van der Waals surface area contributed by atoms with E-state index in [1.807, 2.05) is 36.4 Å². The summed E-state index contributed by atoms with van der Waals surface area (Å²) in [6, 6.07) is 18.6. The Labute approximate surface area is 207 Å². The Morgan fingerprint density at radius 1 is 1.12 bits per heavy atom. The van der Waals surface area contributed by atoms with Crippen LogP contribution in [0.25, 0.3) is 0 Å². The Morgan fingerprint density at radius 2 is 1.82 bits per heavy atom. The monoisotopic (exact) mass is 577 g/mol. The molecule has 3 aromatic carbocycles. The Hall–Kier alpha value is -1.97. The minimum Gasteiger partial charge on any atom is -0.497 e. The third-order valence-electron chi connectivity index (χ3n) is 7.24. The predicted octanol–water partition coefficient (Wildman–Crippen LogP) is 4.87. The van der Waals surface area contributed by atoms with Gasteiger partial charge in [-0.15, -0.1) is 0 Å². The average molecular weight is 577 g/mol. The van der Waals surface area contributed by atoms with E-state index in [1.165, 1.54) is 24.3 Å². The summed E-state index contributed by atoms with van der Waals surface area (Å²) in [7, 11) is -2.17. The first kappa shape index (κ1) is 22.8. The zero-order chi connectivity index (χ0) is 23.4. The number of ether oxygens (including phenoxy) is 1. The molecule has 4 unspecified atom stereocenters. The molecule has 1 saturated carbocycles. The third kappa shape index (κ3) is 3.59. The Bertz CT molecular complexity index is 1290. The molecule has 172 valence electrons. The predicted molar refractivity (Wildman–Crippen MR) is 134 cm³/mol. The number of halogens is 2. The van der Waals surface area contributed by atoms with Crippen LogP contribution in [0.3, 0.4) is 0 Å². The molecule has 0 spiro atoms. The SMILES string of the molecule is COc1ccc(CC(N)C2C3CCc4cc(I)ccc4C32S(=O)(=O)c2ccc(F)cc2)cc1. The fourth-order valence-corrected chi connectivity index (χ4v) is 9.03. The molecule has 3 aromatic rings. The second kappa shape index (κ2) is 8.36. The standard InChI is InChI=1S/C26H25FINO3S/c1-32-20-8-2-16(3-9-20)14-24(29)25-23-12-4-17-15-19(28)7-13-22(17)26(23,25)33(30,31)21-10-5-18(27)6-11-21/h2-3,5-11,13,15,23-25H,4,12,14,29H2,1H3. The van der Waals surface area contributed by atoms with Crippen molar-refractivity contribution in [3.8, 4) is 5.75 Å². The zero-order valence-electron chi connectivity index (χ0n) is 18.2. The number of nitrogens with two attached hydrogens (primary N) is 1. The van der Waals surface area contributed by atoms with Gasteiger partial charge in [0.1, 0.15) is 16.3 Å². The lowest BCUT2D eigenvalue weighted by Gasteiger charge is -2.27. The van der Waals surface area contributed by atoms with E-state index in [1.54, 1.807) is 7.11 Å². The van der Waals surface area contributed by atoms with Crippen molar-refractivity contribution >= 4 is 32.4 Å². The fraction of sp³-hybridized carbons (Fsp3) is 0.308. The molecule has 0 aliphatic heterocycles. The molecular formula is C26H25FINO3S. The van der Waals surface area contributed by atoms with Crippen molar-refractivity contribution in [2.75, 3.05) is 7.11 Å². The van der Waals surface area contributed by atoms with E-state index in [0.29, 0.717) is 6.42 Å². The molecule has 2 aliphatic rings. The van der Waals surface area contributed by atoms with Crippen LogP contribution < -0.4 is 10.5 Å². The van der Waals surface area contributed by atoms with Crippen LogP contribution in [0.4, 0.5) is 4.39 Å². The molecule has 0 saturated heterocycles. The smallest absolute Gasteiger partial charge is 0.188 e. The molecule has 0 radical (unpaired) electrons. The van der Waals surface area contributed by atoms with Crippen LogP contribution in [0.2, 0.25) is 0 Å². The molecule has 4 nitrogen and oxygen atoms in total. The van der Waals surface area contributed by atoms with Gasteiger partial charge in [0.15, 0.2) is 9.84 Å². The van der Waals surface area contributed by atoms with E-state index in [0.717, 1.165) is 38.9 Å². The van der Waals surface area contributed by atoms with Crippen LogP contribution in [-0.4, -0.2) is 21.6 Å². The first-order valence-corrected chi connectivity index (χ1v) is 13.5. The summed E-state index contributed by atoms with van der Waals surface area (Å²) >= 11 is 2.26. The molecule has 1 fully saturated rings. The highest BCUT2D eigenvalue weighted by Gasteiger charge is 2.75. The number of fused-ring (bicyclic) bond motifs is 3. The molecule has 5 rings (SSSR count). The number of hydrogen-bond donors (Lipinski definition) is 1.